The normalized spacial score (nSPS) is 10.2. The minimum absolute atomic E-state index is 0.254. The van der Waals surface area contributed by atoms with Crippen LogP contribution in [0.2, 0.25) is 0 Å². The summed E-state index contributed by atoms with van der Waals surface area (Å²) in [6.45, 7) is 0.470. The van der Waals surface area contributed by atoms with E-state index in [4.69, 9.17) is 4.42 Å². The van der Waals surface area contributed by atoms with Gasteiger partial charge in [0.2, 0.25) is 0 Å². The van der Waals surface area contributed by atoms with Crippen LogP contribution in [-0.2, 0) is 6.42 Å². The zero-order chi connectivity index (χ0) is 12.1. The van der Waals surface area contributed by atoms with E-state index in [-0.39, 0.29) is 17.4 Å². The van der Waals surface area contributed by atoms with E-state index in [1.165, 1.54) is 24.8 Å². The van der Waals surface area contributed by atoms with Crippen molar-refractivity contribution >= 4 is 5.91 Å². The zero-order valence-electron chi connectivity index (χ0n) is 9.02. The van der Waals surface area contributed by atoms with Gasteiger partial charge in [-0.1, -0.05) is 12.1 Å². The Labute approximate surface area is 97.5 Å². The van der Waals surface area contributed by atoms with Gasteiger partial charge in [-0.2, -0.15) is 0 Å². The molecule has 17 heavy (non-hydrogen) atoms. The van der Waals surface area contributed by atoms with Crippen molar-refractivity contribution in [2.24, 2.45) is 0 Å². The molecule has 0 saturated carbocycles. The van der Waals surface area contributed by atoms with Crippen LogP contribution in [0.25, 0.3) is 0 Å². The summed E-state index contributed by atoms with van der Waals surface area (Å²) in [6, 6.07) is 6.18. The summed E-state index contributed by atoms with van der Waals surface area (Å²) in [7, 11) is 0. The Balaban J connectivity index is 1.80. The number of carbonyl (C=O) groups is 1. The van der Waals surface area contributed by atoms with Crippen molar-refractivity contribution in [1.29, 1.82) is 0 Å². The first kappa shape index (κ1) is 11.3. The molecule has 2 rings (SSSR count). The fourth-order valence-corrected chi connectivity index (χ4v) is 1.39. The number of aromatic nitrogens is 1. The van der Waals surface area contributed by atoms with Gasteiger partial charge in [0.1, 0.15) is 12.1 Å². The van der Waals surface area contributed by atoms with Crippen LogP contribution in [-0.4, -0.2) is 17.4 Å². The molecule has 0 aliphatic rings. The number of hydrogen-bond acceptors (Lipinski definition) is 3. The molecule has 0 atom stereocenters. The third kappa shape index (κ3) is 3.14. The van der Waals surface area contributed by atoms with E-state index < -0.39 is 0 Å². The number of nitrogens with one attached hydrogen (secondary N) is 1. The molecule has 0 unspecified atom stereocenters. The number of carbonyl (C=O) groups excluding carboxylic acids is 1. The van der Waals surface area contributed by atoms with Crippen LogP contribution < -0.4 is 5.32 Å². The quantitative estimate of drug-likeness (QED) is 0.877. The molecule has 0 radical (unpaired) electrons. The Morgan fingerprint density at radius 2 is 2.12 bits per heavy atom. The van der Waals surface area contributed by atoms with Crippen LogP contribution >= 0.6 is 0 Å². The molecule has 1 aromatic heterocycles. The van der Waals surface area contributed by atoms with Gasteiger partial charge in [-0.25, -0.2) is 9.37 Å². The molecule has 88 valence electrons. The summed E-state index contributed by atoms with van der Waals surface area (Å²) in [5.41, 5.74) is 1.22. The standard InChI is InChI=1S/C12H11FN2O2/c13-10-3-1-9(2-4-10)5-6-14-12(16)11-7-17-8-15-11/h1-4,7-8H,5-6H2,(H,14,16). The Kier molecular flexibility index (Phi) is 3.49. The largest absolute Gasteiger partial charge is 0.451 e. The van der Waals surface area contributed by atoms with Crippen molar-refractivity contribution in [3.63, 3.8) is 0 Å². The van der Waals surface area contributed by atoms with Crippen LogP contribution in [0.3, 0.4) is 0 Å². The summed E-state index contributed by atoms with van der Waals surface area (Å²) in [5, 5.41) is 2.69. The molecular weight excluding hydrogens is 223 g/mol. The fourth-order valence-electron chi connectivity index (χ4n) is 1.39. The third-order valence-electron chi connectivity index (χ3n) is 2.28. The molecule has 1 amide bonds. The average molecular weight is 234 g/mol. The number of hydrogen-bond donors (Lipinski definition) is 1. The lowest BCUT2D eigenvalue weighted by molar-refractivity contribution is 0.0949. The highest BCUT2D eigenvalue weighted by Gasteiger charge is 2.07. The van der Waals surface area contributed by atoms with Gasteiger partial charge >= 0.3 is 0 Å². The van der Waals surface area contributed by atoms with E-state index in [0.29, 0.717) is 13.0 Å². The van der Waals surface area contributed by atoms with Crippen LogP contribution in [0.15, 0.2) is 41.3 Å². The zero-order valence-corrected chi connectivity index (χ0v) is 9.02. The molecule has 2 aromatic rings. The fraction of sp³-hybridized carbons (Fsp3) is 0.167. The molecule has 0 aliphatic heterocycles. The monoisotopic (exact) mass is 234 g/mol. The highest BCUT2D eigenvalue weighted by atomic mass is 19.1. The van der Waals surface area contributed by atoms with Gasteiger partial charge in [0.05, 0.1) is 0 Å². The molecule has 1 heterocycles. The Hall–Kier alpha value is -2.17. The first-order valence-electron chi connectivity index (χ1n) is 5.16. The highest BCUT2D eigenvalue weighted by molar-refractivity contribution is 5.91. The van der Waals surface area contributed by atoms with Crippen molar-refractivity contribution in [3.05, 3.63) is 54.0 Å². The summed E-state index contributed by atoms with van der Waals surface area (Å²) in [6.07, 6.45) is 3.13. The van der Waals surface area contributed by atoms with E-state index in [2.05, 4.69) is 10.3 Å². The number of halogens is 1. The Bertz CT molecular complexity index is 480. The minimum Gasteiger partial charge on any atom is -0.451 e. The molecule has 0 aliphatic carbocycles. The van der Waals surface area contributed by atoms with Gasteiger partial charge < -0.3 is 9.73 Å². The van der Waals surface area contributed by atoms with Crippen LogP contribution in [0.1, 0.15) is 16.1 Å². The van der Waals surface area contributed by atoms with Crippen molar-refractivity contribution in [1.82, 2.24) is 10.3 Å². The van der Waals surface area contributed by atoms with Crippen LogP contribution in [0.5, 0.6) is 0 Å². The molecule has 4 nitrogen and oxygen atoms in total. The minimum atomic E-state index is -0.277. The number of oxazole rings is 1. The maximum absolute atomic E-state index is 12.6. The van der Waals surface area contributed by atoms with E-state index >= 15 is 0 Å². The van der Waals surface area contributed by atoms with Crippen LogP contribution in [0, 0.1) is 5.82 Å². The Morgan fingerprint density at radius 1 is 1.35 bits per heavy atom. The second-order valence-electron chi connectivity index (χ2n) is 3.51. The number of benzene rings is 1. The molecule has 0 saturated heterocycles. The third-order valence-corrected chi connectivity index (χ3v) is 2.28. The van der Waals surface area contributed by atoms with E-state index in [9.17, 15) is 9.18 Å². The van der Waals surface area contributed by atoms with Gasteiger partial charge in [0, 0.05) is 6.54 Å². The Morgan fingerprint density at radius 3 is 2.76 bits per heavy atom. The molecule has 1 aromatic carbocycles. The predicted octanol–water partition coefficient (Wildman–Crippen LogP) is 1.79. The molecule has 0 bridgehead atoms. The average Bonchev–Trinajstić information content (AvgIpc) is 2.85. The lowest BCUT2D eigenvalue weighted by Gasteiger charge is -2.03. The van der Waals surface area contributed by atoms with E-state index in [1.54, 1.807) is 12.1 Å². The lowest BCUT2D eigenvalue weighted by atomic mass is 10.1. The maximum atomic E-state index is 12.6. The molecule has 0 fully saturated rings. The predicted molar refractivity (Wildman–Crippen MR) is 58.9 cm³/mol. The lowest BCUT2D eigenvalue weighted by Crippen LogP contribution is -2.25. The van der Waals surface area contributed by atoms with Crippen molar-refractivity contribution < 1.29 is 13.6 Å². The van der Waals surface area contributed by atoms with Crippen molar-refractivity contribution in [2.75, 3.05) is 6.54 Å². The van der Waals surface area contributed by atoms with Gasteiger partial charge in [0.15, 0.2) is 12.1 Å². The number of rotatable bonds is 4. The SMILES string of the molecule is O=C(NCCc1ccc(F)cc1)c1cocn1. The van der Waals surface area contributed by atoms with Crippen molar-refractivity contribution in [2.45, 2.75) is 6.42 Å². The molecule has 5 heteroatoms. The van der Waals surface area contributed by atoms with Crippen molar-refractivity contribution in [3.8, 4) is 0 Å². The summed E-state index contributed by atoms with van der Waals surface area (Å²) < 4.78 is 17.3. The topological polar surface area (TPSA) is 55.1 Å². The number of nitrogens with zero attached hydrogens (tertiary/aromatic N) is 1. The summed E-state index contributed by atoms with van der Waals surface area (Å²) >= 11 is 0. The summed E-state index contributed by atoms with van der Waals surface area (Å²) in [4.78, 5) is 15.2. The number of amides is 1. The second kappa shape index (κ2) is 5.25. The molecular formula is C12H11FN2O2. The van der Waals surface area contributed by atoms with Gasteiger partial charge in [-0.3, -0.25) is 4.79 Å². The molecule has 0 spiro atoms. The molecule has 1 N–H and O–H groups in total. The summed E-state index contributed by atoms with van der Waals surface area (Å²) in [5.74, 6) is -0.541. The highest BCUT2D eigenvalue weighted by Crippen LogP contribution is 2.03. The van der Waals surface area contributed by atoms with Crippen LogP contribution in [0.4, 0.5) is 4.39 Å². The second-order valence-corrected chi connectivity index (χ2v) is 3.51. The first-order valence-corrected chi connectivity index (χ1v) is 5.16. The smallest absolute Gasteiger partial charge is 0.273 e. The van der Waals surface area contributed by atoms with Gasteiger partial charge in [-0.05, 0) is 24.1 Å². The van der Waals surface area contributed by atoms with E-state index in [1.807, 2.05) is 0 Å². The van der Waals surface area contributed by atoms with E-state index in [0.717, 1.165) is 5.56 Å². The first-order chi connectivity index (χ1) is 8.25. The van der Waals surface area contributed by atoms with Gasteiger partial charge in [-0.15, -0.1) is 0 Å². The maximum Gasteiger partial charge on any atom is 0.273 e. The van der Waals surface area contributed by atoms with Gasteiger partial charge in [0.25, 0.3) is 5.91 Å².